The molecule has 288 valence electrons. The van der Waals surface area contributed by atoms with Crippen LogP contribution in [0.2, 0.25) is 0 Å². The third-order valence-electron chi connectivity index (χ3n) is 14.2. The molecule has 1 saturated heterocycles. The molecule has 0 aromatic heterocycles. The Balaban J connectivity index is 1.28. The normalized spacial score (nSPS) is 41.4. The predicted octanol–water partition coefficient (Wildman–Crippen LogP) is 4.04. The topological polar surface area (TPSA) is 124 Å². The van der Waals surface area contributed by atoms with Crippen LogP contribution in [0.1, 0.15) is 92.9 Å². The van der Waals surface area contributed by atoms with E-state index >= 15 is 4.39 Å². The highest BCUT2D eigenvalue weighted by Crippen LogP contribution is 2.61. The molecule has 0 radical (unpaired) electrons. The number of likely N-dealkylation sites (N-methyl/N-ethyl adjacent to an activating group) is 1. The molecule has 6 aliphatic rings. The maximum Gasteiger partial charge on any atom is 0.240 e. The Kier molecular flexibility index (Phi) is 13.0. The van der Waals surface area contributed by atoms with Gasteiger partial charge >= 0.3 is 0 Å². The lowest BCUT2D eigenvalue weighted by molar-refractivity contribution is -0.193. The highest BCUT2D eigenvalue weighted by molar-refractivity contribution is 5.83. The van der Waals surface area contributed by atoms with Gasteiger partial charge < -0.3 is 30.5 Å². The molecule has 11 heteroatoms. The van der Waals surface area contributed by atoms with Gasteiger partial charge in [0.15, 0.2) is 0 Å². The molecule has 50 heavy (non-hydrogen) atoms. The van der Waals surface area contributed by atoms with Crippen LogP contribution in [-0.2, 0) is 19.2 Å². The molecule has 6 fully saturated rings. The molecule has 15 atom stereocenters. The zero-order valence-corrected chi connectivity index (χ0v) is 32.3. The Morgan fingerprint density at radius 2 is 1.80 bits per heavy atom. The zero-order valence-electron chi connectivity index (χ0n) is 32.3. The molecular formula is C39H69FN4O6. The van der Waals surface area contributed by atoms with Gasteiger partial charge in [0.1, 0.15) is 18.3 Å². The standard InChI is InChI=1S/C39H69FN4O6/c1-21(2)32(19-43(7)8)42-37(47)28-15-24(13-14-30(28)40)27-12-10-11-25(36(27)49-9)18-44-35(34(23(4)46)33(20-45)50-44)38(48)41-31-17-26-16-29(22(31)3)39(26,5)6/h21-36,45-46H,10-20H2,1-9H3,(H,41,48)(H,42,47)/t22-,23-,24?,25?,26+,27?,28?,29-,30?,31-,32+,33-,34+,35-,36?/m0/s1. The first-order valence-electron chi connectivity index (χ1n) is 19.7. The summed E-state index contributed by atoms with van der Waals surface area (Å²) in [6.45, 7) is 13.6. The van der Waals surface area contributed by atoms with Gasteiger partial charge in [0.25, 0.3) is 0 Å². The quantitative estimate of drug-likeness (QED) is 0.226. The maximum absolute atomic E-state index is 15.4. The summed E-state index contributed by atoms with van der Waals surface area (Å²) in [6, 6.07) is -0.715. The average Bonchev–Trinajstić information content (AvgIpc) is 3.43. The second kappa shape index (κ2) is 16.3. The third-order valence-corrected chi connectivity index (χ3v) is 14.2. The number of methoxy groups -OCH3 is 1. The van der Waals surface area contributed by atoms with E-state index in [2.05, 4.69) is 50.2 Å². The van der Waals surface area contributed by atoms with Gasteiger partial charge in [0, 0.05) is 44.1 Å². The van der Waals surface area contributed by atoms with E-state index in [1.165, 1.54) is 6.42 Å². The van der Waals surface area contributed by atoms with Crippen LogP contribution in [0, 0.1) is 58.7 Å². The number of fused-ring (bicyclic) bond motifs is 2. The fourth-order valence-electron chi connectivity index (χ4n) is 11.0. The number of hydroxylamine groups is 2. The Bertz CT molecular complexity index is 1160. The van der Waals surface area contributed by atoms with Crippen LogP contribution in [0.3, 0.4) is 0 Å². The number of nitrogens with zero attached hydrogens (tertiary/aromatic N) is 2. The van der Waals surface area contributed by atoms with Gasteiger partial charge in [-0.15, -0.1) is 0 Å². The van der Waals surface area contributed by atoms with Crippen molar-refractivity contribution in [3.8, 4) is 0 Å². The van der Waals surface area contributed by atoms with E-state index in [-0.39, 0.29) is 60.3 Å². The highest BCUT2D eigenvalue weighted by Gasteiger charge is 2.58. The number of amides is 2. The molecule has 5 saturated carbocycles. The summed E-state index contributed by atoms with van der Waals surface area (Å²) < 4.78 is 21.7. The van der Waals surface area contributed by atoms with Crippen molar-refractivity contribution in [2.45, 2.75) is 136 Å². The average molecular weight is 709 g/mol. The molecule has 10 nitrogen and oxygen atoms in total. The van der Waals surface area contributed by atoms with Crippen LogP contribution in [-0.4, -0.2) is 116 Å². The largest absolute Gasteiger partial charge is 0.394 e. The summed E-state index contributed by atoms with van der Waals surface area (Å²) in [5.41, 5.74) is 0.301. The van der Waals surface area contributed by atoms with Crippen molar-refractivity contribution in [3.05, 3.63) is 0 Å². The van der Waals surface area contributed by atoms with Crippen LogP contribution < -0.4 is 10.6 Å². The molecule has 6 unspecified atom stereocenters. The fraction of sp³-hybridized carbons (Fsp3) is 0.949. The number of carbonyl (C=O) groups is 2. The number of nitrogens with one attached hydrogen (secondary N) is 2. The minimum Gasteiger partial charge on any atom is -0.394 e. The Morgan fingerprint density at radius 3 is 2.38 bits per heavy atom. The first-order chi connectivity index (χ1) is 23.6. The first kappa shape index (κ1) is 39.8. The summed E-state index contributed by atoms with van der Waals surface area (Å²) in [4.78, 5) is 36.1. The Labute approximate surface area is 300 Å². The molecule has 1 heterocycles. The van der Waals surface area contributed by atoms with E-state index in [1.54, 1.807) is 19.1 Å². The Morgan fingerprint density at radius 1 is 1.08 bits per heavy atom. The van der Waals surface area contributed by atoms with Gasteiger partial charge in [-0.25, -0.2) is 4.39 Å². The van der Waals surface area contributed by atoms with Crippen molar-refractivity contribution in [2.75, 3.05) is 40.9 Å². The number of alkyl halides is 1. The lowest BCUT2D eigenvalue weighted by Crippen LogP contribution is -2.62. The molecule has 2 bridgehead atoms. The minimum atomic E-state index is -1.16. The fourth-order valence-corrected chi connectivity index (χ4v) is 11.0. The Hall–Kier alpha value is -1.37. The zero-order chi connectivity index (χ0) is 36.7. The van der Waals surface area contributed by atoms with Crippen molar-refractivity contribution in [1.29, 1.82) is 0 Å². The van der Waals surface area contributed by atoms with Crippen molar-refractivity contribution >= 4 is 11.8 Å². The third kappa shape index (κ3) is 8.08. The van der Waals surface area contributed by atoms with Crippen molar-refractivity contribution < 1.29 is 33.8 Å². The van der Waals surface area contributed by atoms with Gasteiger partial charge in [0.2, 0.25) is 11.8 Å². The molecule has 0 aromatic carbocycles. The summed E-state index contributed by atoms with van der Waals surface area (Å²) in [5.74, 6) is 0.511. The molecule has 2 amide bonds. The van der Waals surface area contributed by atoms with Crippen LogP contribution in [0.5, 0.6) is 0 Å². The van der Waals surface area contributed by atoms with Crippen molar-refractivity contribution in [1.82, 2.24) is 20.6 Å². The van der Waals surface area contributed by atoms with Crippen molar-refractivity contribution in [3.63, 3.8) is 0 Å². The van der Waals surface area contributed by atoms with E-state index in [0.717, 1.165) is 25.7 Å². The van der Waals surface area contributed by atoms with Gasteiger partial charge in [-0.1, -0.05) is 41.0 Å². The number of hydrogen-bond acceptors (Lipinski definition) is 8. The van der Waals surface area contributed by atoms with E-state index in [0.29, 0.717) is 55.5 Å². The van der Waals surface area contributed by atoms with Gasteiger partial charge in [-0.05, 0) is 107 Å². The lowest BCUT2D eigenvalue weighted by atomic mass is 9.45. The number of aliphatic hydroxyl groups excluding tert-OH is 2. The molecule has 0 spiro atoms. The number of ether oxygens (including phenoxy) is 1. The number of carbonyl (C=O) groups excluding carboxylic acids is 2. The van der Waals surface area contributed by atoms with Crippen LogP contribution in [0.4, 0.5) is 4.39 Å². The summed E-state index contributed by atoms with van der Waals surface area (Å²) >= 11 is 0. The molecule has 5 aliphatic carbocycles. The number of hydrogen-bond donors (Lipinski definition) is 4. The van der Waals surface area contributed by atoms with E-state index < -0.39 is 36.3 Å². The summed E-state index contributed by atoms with van der Waals surface area (Å²) in [5, 5.41) is 29.5. The second-order valence-corrected chi connectivity index (χ2v) is 18.1. The molecule has 1 aliphatic heterocycles. The minimum absolute atomic E-state index is 0.0315. The maximum atomic E-state index is 15.4. The molecule has 0 aromatic rings. The van der Waals surface area contributed by atoms with E-state index in [9.17, 15) is 19.8 Å². The summed E-state index contributed by atoms with van der Waals surface area (Å²) in [7, 11) is 5.70. The van der Waals surface area contributed by atoms with E-state index in [1.807, 2.05) is 14.1 Å². The second-order valence-electron chi connectivity index (χ2n) is 18.1. The summed E-state index contributed by atoms with van der Waals surface area (Å²) in [6.07, 6.45) is 3.69. The predicted molar refractivity (Wildman–Crippen MR) is 191 cm³/mol. The van der Waals surface area contributed by atoms with Crippen LogP contribution in [0.15, 0.2) is 0 Å². The van der Waals surface area contributed by atoms with Crippen LogP contribution in [0.25, 0.3) is 0 Å². The van der Waals surface area contributed by atoms with Gasteiger partial charge in [-0.2, -0.15) is 5.06 Å². The first-order valence-corrected chi connectivity index (χ1v) is 19.7. The number of rotatable bonds is 13. The van der Waals surface area contributed by atoms with Crippen LogP contribution >= 0.6 is 0 Å². The molecule has 4 N–H and O–H groups in total. The van der Waals surface area contributed by atoms with Gasteiger partial charge in [-0.3, -0.25) is 14.4 Å². The number of aliphatic hydroxyl groups is 2. The SMILES string of the molecule is COC1C(CN2O[C@@H](CO)[C@@H]([C@H](C)O)[C@H]2C(=O)N[C@H]2C[C@H]3C[C@@H]([C@@H]2C)C3(C)C)CCCC1C1CCC(F)C(C(=O)N[C@H](CN(C)C)C(C)C)C1. The molecule has 6 rings (SSSR count). The van der Waals surface area contributed by atoms with Crippen molar-refractivity contribution in [2.24, 2.45) is 58.7 Å². The monoisotopic (exact) mass is 709 g/mol. The van der Waals surface area contributed by atoms with Gasteiger partial charge in [0.05, 0.1) is 24.7 Å². The smallest absolute Gasteiger partial charge is 0.240 e. The number of halogens is 1. The lowest BCUT2D eigenvalue weighted by Gasteiger charge is -2.62. The van der Waals surface area contributed by atoms with E-state index in [4.69, 9.17) is 9.57 Å². The highest BCUT2D eigenvalue weighted by atomic mass is 19.1. The molecular weight excluding hydrogens is 639 g/mol.